The zero-order valence-electron chi connectivity index (χ0n) is 12.4. The van der Waals surface area contributed by atoms with E-state index in [2.05, 4.69) is 0 Å². The highest BCUT2D eigenvalue weighted by Crippen LogP contribution is 2.26. The Morgan fingerprint density at radius 2 is 2.10 bits per heavy atom. The number of Topliss-reactive ketones (excluding diaryl/α,β-unsaturated/α-hetero) is 1. The largest absolute Gasteiger partial charge is 0.444 e. The Labute approximate surface area is 123 Å². The molecule has 5 heteroatoms. The van der Waals surface area contributed by atoms with Gasteiger partial charge in [-0.1, -0.05) is 0 Å². The number of thiophene rings is 1. The smallest absolute Gasteiger partial charge is 0.410 e. The van der Waals surface area contributed by atoms with Crippen LogP contribution in [-0.2, 0) is 4.74 Å². The van der Waals surface area contributed by atoms with Crippen LogP contribution in [0, 0.1) is 12.8 Å². The number of carbonyl (C=O) groups excluding carboxylic acids is 2. The van der Waals surface area contributed by atoms with Crippen molar-refractivity contribution in [3.63, 3.8) is 0 Å². The van der Waals surface area contributed by atoms with Gasteiger partial charge in [0.2, 0.25) is 0 Å². The second-order valence-electron chi connectivity index (χ2n) is 6.21. The molecule has 110 valence electrons. The molecule has 0 bridgehead atoms. The third-order valence-electron chi connectivity index (χ3n) is 3.30. The number of nitrogens with zero attached hydrogens (tertiary/aromatic N) is 1. The van der Waals surface area contributed by atoms with Crippen molar-refractivity contribution in [2.45, 2.75) is 39.7 Å². The van der Waals surface area contributed by atoms with Gasteiger partial charge in [-0.2, -0.15) is 0 Å². The van der Waals surface area contributed by atoms with Crippen LogP contribution in [0.1, 0.15) is 42.4 Å². The van der Waals surface area contributed by atoms with Gasteiger partial charge in [0.1, 0.15) is 5.60 Å². The quantitative estimate of drug-likeness (QED) is 0.785. The molecule has 0 aliphatic carbocycles. The lowest BCUT2D eigenvalue weighted by Crippen LogP contribution is -2.35. The zero-order valence-corrected chi connectivity index (χ0v) is 13.3. The predicted molar refractivity (Wildman–Crippen MR) is 79.3 cm³/mol. The summed E-state index contributed by atoms with van der Waals surface area (Å²) in [6, 6.07) is 1.96. The van der Waals surface area contributed by atoms with Gasteiger partial charge in [-0.15, -0.1) is 11.3 Å². The first-order valence-corrected chi connectivity index (χ1v) is 7.72. The van der Waals surface area contributed by atoms with Gasteiger partial charge in [0.15, 0.2) is 5.78 Å². The summed E-state index contributed by atoms with van der Waals surface area (Å²) in [5.41, 5.74) is 0.527. The molecule has 1 aliphatic heterocycles. The predicted octanol–water partition coefficient (Wildman–Crippen LogP) is 3.50. The molecule has 1 aliphatic rings. The molecule has 0 radical (unpaired) electrons. The Morgan fingerprint density at radius 3 is 2.65 bits per heavy atom. The van der Waals surface area contributed by atoms with Crippen LogP contribution >= 0.6 is 11.3 Å². The third kappa shape index (κ3) is 3.39. The van der Waals surface area contributed by atoms with E-state index in [0.717, 1.165) is 16.9 Å². The van der Waals surface area contributed by atoms with Gasteiger partial charge in [-0.3, -0.25) is 4.79 Å². The molecule has 1 saturated heterocycles. The standard InChI is InChI=1S/C15H21NO3S/c1-10-6-8-20-13(10)12(17)11-5-7-16(9-11)14(18)19-15(2,3)4/h6,8,11H,5,7,9H2,1-4H3. The van der Waals surface area contributed by atoms with Crippen LogP contribution in [0.15, 0.2) is 11.4 Å². The van der Waals surface area contributed by atoms with E-state index in [1.54, 1.807) is 4.90 Å². The summed E-state index contributed by atoms with van der Waals surface area (Å²) < 4.78 is 5.34. The van der Waals surface area contributed by atoms with Crippen LogP contribution in [0.2, 0.25) is 0 Å². The van der Waals surface area contributed by atoms with Crippen LogP contribution in [-0.4, -0.2) is 35.5 Å². The van der Waals surface area contributed by atoms with E-state index in [1.807, 2.05) is 39.1 Å². The van der Waals surface area contributed by atoms with E-state index in [-0.39, 0.29) is 17.8 Å². The SMILES string of the molecule is Cc1ccsc1C(=O)C1CCN(C(=O)OC(C)(C)C)C1. The molecule has 2 heterocycles. The van der Waals surface area contributed by atoms with Gasteiger partial charge in [0.25, 0.3) is 0 Å². The number of likely N-dealkylation sites (tertiary alicyclic amines) is 1. The fraction of sp³-hybridized carbons (Fsp3) is 0.600. The molecule has 0 spiro atoms. The number of amides is 1. The van der Waals surface area contributed by atoms with Gasteiger partial charge in [-0.05, 0) is 51.1 Å². The van der Waals surface area contributed by atoms with Gasteiger partial charge >= 0.3 is 6.09 Å². The maximum atomic E-state index is 12.4. The lowest BCUT2D eigenvalue weighted by molar-refractivity contribution is 0.0289. The van der Waals surface area contributed by atoms with Crippen molar-refractivity contribution in [3.05, 3.63) is 21.9 Å². The first-order chi connectivity index (χ1) is 9.28. The monoisotopic (exact) mass is 295 g/mol. The van der Waals surface area contributed by atoms with E-state index < -0.39 is 5.60 Å². The Bertz CT molecular complexity index is 515. The van der Waals surface area contributed by atoms with Crippen LogP contribution in [0.3, 0.4) is 0 Å². The second-order valence-corrected chi connectivity index (χ2v) is 7.13. The van der Waals surface area contributed by atoms with Crippen molar-refractivity contribution in [3.8, 4) is 0 Å². The van der Waals surface area contributed by atoms with Crippen molar-refractivity contribution < 1.29 is 14.3 Å². The summed E-state index contributed by atoms with van der Waals surface area (Å²) in [5.74, 6) is 0.0587. The van der Waals surface area contributed by atoms with Gasteiger partial charge in [0.05, 0.1) is 4.88 Å². The molecule has 2 rings (SSSR count). The van der Waals surface area contributed by atoms with Crippen LogP contribution in [0.4, 0.5) is 4.79 Å². The molecule has 1 amide bonds. The Balaban J connectivity index is 1.97. The lowest BCUT2D eigenvalue weighted by Gasteiger charge is -2.24. The maximum Gasteiger partial charge on any atom is 0.410 e. The Hall–Kier alpha value is -1.36. The molecule has 0 N–H and O–H groups in total. The summed E-state index contributed by atoms with van der Waals surface area (Å²) in [5, 5.41) is 1.93. The van der Waals surface area contributed by atoms with Gasteiger partial charge in [0, 0.05) is 19.0 Å². The highest BCUT2D eigenvalue weighted by molar-refractivity contribution is 7.12. The molecular formula is C15H21NO3S. The van der Waals surface area contributed by atoms with Crippen molar-refractivity contribution in [1.29, 1.82) is 0 Å². The summed E-state index contributed by atoms with van der Waals surface area (Å²) in [4.78, 5) is 26.8. The number of hydrogen-bond acceptors (Lipinski definition) is 4. The molecule has 0 aromatic carbocycles. The van der Waals surface area contributed by atoms with Crippen molar-refractivity contribution in [2.75, 3.05) is 13.1 Å². The van der Waals surface area contributed by atoms with E-state index in [1.165, 1.54) is 11.3 Å². The minimum atomic E-state index is -0.497. The number of ether oxygens (including phenoxy) is 1. The molecular weight excluding hydrogens is 274 g/mol. The minimum Gasteiger partial charge on any atom is -0.444 e. The fourth-order valence-corrected chi connectivity index (χ4v) is 3.22. The zero-order chi connectivity index (χ0) is 14.9. The van der Waals surface area contributed by atoms with E-state index >= 15 is 0 Å². The second kappa shape index (κ2) is 5.56. The maximum absolute atomic E-state index is 12.4. The molecule has 0 saturated carbocycles. The molecule has 1 aromatic heterocycles. The number of ketones is 1. The summed E-state index contributed by atoms with van der Waals surface area (Å²) in [7, 11) is 0. The summed E-state index contributed by atoms with van der Waals surface area (Å²) in [6.07, 6.45) is 0.394. The number of hydrogen-bond donors (Lipinski definition) is 0. The third-order valence-corrected chi connectivity index (χ3v) is 4.33. The average Bonchev–Trinajstić information content (AvgIpc) is 2.94. The lowest BCUT2D eigenvalue weighted by atomic mass is 10.0. The number of aryl methyl sites for hydroxylation is 1. The number of rotatable bonds is 2. The van der Waals surface area contributed by atoms with Crippen molar-refractivity contribution >= 4 is 23.2 Å². The molecule has 1 atom stereocenters. The average molecular weight is 295 g/mol. The summed E-state index contributed by atoms with van der Waals surface area (Å²) in [6.45, 7) is 8.54. The van der Waals surface area contributed by atoms with Crippen LogP contribution in [0.25, 0.3) is 0 Å². The molecule has 4 nitrogen and oxygen atoms in total. The van der Waals surface area contributed by atoms with E-state index in [4.69, 9.17) is 4.74 Å². The van der Waals surface area contributed by atoms with E-state index in [9.17, 15) is 9.59 Å². The van der Waals surface area contributed by atoms with Crippen molar-refractivity contribution in [1.82, 2.24) is 4.90 Å². The van der Waals surface area contributed by atoms with Gasteiger partial charge in [-0.25, -0.2) is 4.79 Å². The first-order valence-electron chi connectivity index (χ1n) is 6.84. The normalized spacial score (nSPS) is 19.2. The van der Waals surface area contributed by atoms with Gasteiger partial charge < -0.3 is 9.64 Å². The van der Waals surface area contributed by atoms with Crippen molar-refractivity contribution in [2.24, 2.45) is 5.92 Å². The molecule has 1 unspecified atom stereocenters. The molecule has 1 fully saturated rings. The topological polar surface area (TPSA) is 46.6 Å². The minimum absolute atomic E-state index is 0.0973. The van der Waals surface area contributed by atoms with E-state index in [0.29, 0.717) is 13.1 Å². The molecule has 20 heavy (non-hydrogen) atoms. The Kier molecular flexibility index (Phi) is 4.18. The first kappa shape index (κ1) is 15.0. The van der Waals surface area contributed by atoms with Crippen LogP contribution in [0.5, 0.6) is 0 Å². The van der Waals surface area contributed by atoms with Crippen LogP contribution < -0.4 is 0 Å². The molecule has 1 aromatic rings. The highest BCUT2D eigenvalue weighted by Gasteiger charge is 2.34. The highest BCUT2D eigenvalue weighted by atomic mass is 32.1. The number of carbonyl (C=O) groups is 2. The Morgan fingerprint density at radius 1 is 1.40 bits per heavy atom. The summed E-state index contributed by atoms with van der Waals surface area (Å²) >= 11 is 1.48. The fourth-order valence-electron chi connectivity index (χ4n) is 2.28.